The van der Waals surface area contributed by atoms with Crippen LogP contribution in [0.2, 0.25) is 0 Å². The minimum absolute atomic E-state index is 0.0304. The van der Waals surface area contributed by atoms with Crippen LogP contribution in [-0.4, -0.2) is 48.7 Å². The lowest BCUT2D eigenvalue weighted by Crippen LogP contribution is -2.56. The normalized spacial score (nSPS) is 33.6. The summed E-state index contributed by atoms with van der Waals surface area (Å²) in [6, 6.07) is 1.61. The summed E-state index contributed by atoms with van der Waals surface area (Å²) in [5.41, 5.74) is 11.1. The zero-order chi connectivity index (χ0) is 12.3. The Morgan fingerprint density at radius 1 is 1.29 bits per heavy atom. The first-order chi connectivity index (χ1) is 8.16. The first kappa shape index (κ1) is 12.8. The number of carbonyl (C=O) groups excluding carboxylic acids is 1. The van der Waals surface area contributed by atoms with E-state index in [1.54, 1.807) is 0 Å². The molecule has 4 N–H and O–H groups in total. The third-order valence-corrected chi connectivity index (χ3v) is 3.90. The van der Waals surface area contributed by atoms with Gasteiger partial charge in [-0.3, -0.25) is 9.69 Å². The van der Waals surface area contributed by atoms with Crippen LogP contribution in [0.5, 0.6) is 0 Å². The third-order valence-electron chi connectivity index (χ3n) is 3.90. The Labute approximate surface area is 102 Å². The highest BCUT2D eigenvalue weighted by molar-refractivity contribution is 5.74. The van der Waals surface area contributed by atoms with Crippen LogP contribution in [-0.2, 0) is 9.53 Å². The Balaban J connectivity index is 1.77. The lowest BCUT2D eigenvalue weighted by Gasteiger charge is -2.48. The standard InChI is InChI=1S/C12H23N3O2/c13-9-6-10-2-1-3-11(7-9)15(10)4-5-17-8-12(14)16/h9-11H,1-8,13H2,(H2,14,16). The number of nitrogens with two attached hydrogens (primary N) is 2. The largest absolute Gasteiger partial charge is 0.370 e. The fourth-order valence-corrected chi connectivity index (χ4v) is 3.23. The highest BCUT2D eigenvalue weighted by atomic mass is 16.5. The van der Waals surface area contributed by atoms with Crippen LogP contribution in [0.25, 0.3) is 0 Å². The smallest absolute Gasteiger partial charge is 0.243 e. The molecule has 0 aromatic rings. The maximum absolute atomic E-state index is 10.6. The number of piperidine rings is 2. The number of amides is 1. The van der Waals surface area contributed by atoms with Crippen molar-refractivity contribution in [3.8, 4) is 0 Å². The molecule has 0 aliphatic carbocycles. The second-order valence-corrected chi connectivity index (χ2v) is 5.23. The second-order valence-electron chi connectivity index (χ2n) is 5.23. The number of nitrogens with zero attached hydrogens (tertiary/aromatic N) is 1. The molecule has 2 heterocycles. The molecule has 0 saturated carbocycles. The van der Waals surface area contributed by atoms with Gasteiger partial charge in [0.15, 0.2) is 0 Å². The number of hydrogen-bond acceptors (Lipinski definition) is 4. The molecule has 2 saturated heterocycles. The van der Waals surface area contributed by atoms with E-state index >= 15 is 0 Å². The average Bonchev–Trinajstić information content (AvgIpc) is 2.24. The summed E-state index contributed by atoms with van der Waals surface area (Å²) in [5.74, 6) is -0.397. The lowest BCUT2D eigenvalue weighted by molar-refractivity contribution is -0.122. The summed E-state index contributed by atoms with van der Waals surface area (Å²) in [7, 11) is 0. The van der Waals surface area contributed by atoms with Crippen LogP contribution in [0.15, 0.2) is 0 Å². The second kappa shape index (κ2) is 5.80. The van der Waals surface area contributed by atoms with E-state index in [0.717, 1.165) is 19.4 Å². The van der Waals surface area contributed by atoms with Crippen molar-refractivity contribution in [2.45, 2.75) is 50.2 Å². The van der Waals surface area contributed by atoms with Crippen LogP contribution < -0.4 is 11.5 Å². The summed E-state index contributed by atoms with van der Waals surface area (Å²) < 4.78 is 5.24. The molecule has 5 heteroatoms. The molecule has 17 heavy (non-hydrogen) atoms. The van der Waals surface area contributed by atoms with Gasteiger partial charge in [-0.1, -0.05) is 6.42 Å². The molecule has 2 aliphatic heterocycles. The van der Waals surface area contributed by atoms with Crippen LogP contribution in [0.1, 0.15) is 32.1 Å². The van der Waals surface area contributed by atoms with Gasteiger partial charge in [0.05, 0.1) is 6.61 Å². The van der Waals surface area contributed by atoms with Crippen molar-refractivity contribution in [2.24, 2.45) is 11.5 Å². The SMILES string of the molecule is NC(=O)COCCN1C2CCCC1CC(N)C2. The van der Waals surface area contributed by atoms with Crippen molar-refractivity contribution in [3.63, 3.8) is 0 Å². The van der Waals surface area contributed by atoms with Gasteiger partial charge in [0.1, 0.15) is 6.61 Å². The molecular formula is C12H23N3O2. The van der Waals surface area contributed by atoms with Gasteiger partial charge < -0.3 is 16.2 Å². The molecule has 98 valence electrons. The zero-order valence-corrected chi connectivity index (χ0v) is 10.3. The molecule has 2 bridgehead atoms. The van der Waals surface area contributed by atoms with Crippen molar-refractivity contribution >= 4 is 5.91 Å². The van der Waals surface area contributed by atoms with E-state index < -0.39 is 5.91 Å². The van der Waals surface area contributed by atoms with E-state index in [9.17, 15) is 4.79 Å². The van der Waals surface area contributed by atoms with Gasteiger partial charge in [-0.2, -0.15) is 0 Å². The molecule has 0 spiro atoms. The summed E-state index contributed by atoms with van der Waals surface area (Å²) in [6.07, 6.45) is 6.03. The fourth-order valence-electron chi connectivity index (χ4n) is 3.23. The zero-order valence-electron chi connectivity index (χ0n) is 10.3. The molecular weight excluding hydrogens is 218 g/mol. The maximum Gasteiger partial charge on any atom is 0.243 e. The Morgan fingerprint density at radius 2 is 1.94 bits per heavy atom. The van der Waals surface area contributed by atoms with Crippen LogP contribution in [0.3, 0.4) is 0 Å². The molecule has 5 nitrogen and oxygen atoms in total. The molecule has 2 aliphatic rings. The minimum atomic E-state index is -0.397. The van der Waals surface area contributed by atoms with Gasteiger partial charge in [-0.25, -0.2) is 0 Å². The molecule has 2 fully saturated rings. The first-order valence-electron chi connectivity index (χ1n) is 6.54. The van der Waals surface area contributed by atoms with Crippen molar-refractivity contribution in [3.05, 3.63) is 0 Å². The van der Waals surface area contributed by atoms with E-state index in [0.29, 0.717) is 24.7 Å². The Morgan fingerprint density at radius 3 is 2.53 bits per heavy atom. The number of fused-ring (bicyclic) bond motifs is 2. The van der Waals surface area contributed by atoms with Gasteiger partial charge in [0, 0.05) is 24.7 Å². The fraction of sp³-hybridized carbons (Fsp3) is 0.917. The van der Waals surface area contributed by atoms with Gasteiger partial charge in [-0.15, -0.1) is 0 Å². The van der Waals surface area contributed by atoms with Crippen molar-refractivity contribution < 1.29 is 9.53 Å². The Hall–Kier alpha value is -0.650. The summed E-state index contributed by atoms with van der Waals surface area (Å²) in [5, 5.41) is 0. The number of ether oxygens (including phenoxy) is 1. The summed E-state index contributed by atoms with van der Waals surface area (Å²) >= 11 is 0. The van der Waals surface area contributed by atoms with Crippen LogP contribution in [0, 0.1) is 0 Å². The third kappa shape index (κ3) is 3.40. The van der Waals surface area contributed by atoms with Gasteiger partial charge >= 0.3 is 0 Å². The molecule has 0 radical (unpaired) electrons. The minimum Gasteiger partial charge on any atom is -0.370 e. The molecule has 1 amide bonds. The highest BCUT2D eigenvalue weighted by Gasteiger charge is 2.36. The summed E-state index contributed by atoms with van der Waals surface area (Å²) in [6.45, 7) is 1.52. The van der Waals surface area contributed by atoms with E-state index in [2.05, 4.69) is 4.90 Å². The Kier molecular flexibility index (Phi) is 4.36. The summed E-state index contributed by atoms with van der Waals surface area (Å²) in [4.78, 5) is 13.1. The predicted octanol–water partition coefficient (Wildman–Crippen LogP) is -0.167. The van der Waals surface area contributed by atoms with E-state index in [4.69, 9.17) is 16.2 Å². The molecule has 2 unspecified atom stereocenters. The topological polar surface area (TPSA) is 81.6 Å². The van der Waals surface area contributed by atoms with Gasteiger partial charge in [0.25, 0.3) is 0 Å². The lowest BCUT2D eigenvalue weighted by atomic mass is 9.82. The average molecular weight is 241 g/mol. The van der Waals surface area contributed by atoms with E-state index in [1.165, 1.54) is 19.3 Å². The number of rotatable bonds is 5. The number of carbonyl (C=O) groups is 1. The highest BCUT2D eigenvalue weighted by Crippen LogP contribution is 2.32. The van der Waals surface area contributed by atoms with Crippen LogP contribution >= 0.6 is 0 Å². The van der Waals surface area contributed by atoms with Gasteiger partial charge in [0.2, 0.25) is 5.91 Å². The van der Waals surface area contributed by atoms with E-state index in [-0.39, 0.29) is 6.61 Å². The monoisotopic (exact) mass is 241 g/mol. The van der Waals surface area contributed by atoms with E-state index in [1.807, 2.05) is 0 Å². The first-order valence-corrected chi connectivity index (χ1v) is 6.54. The van der Waals surface area contributed by atoms with Crippen LogP contribution in [0.4, 0.5) is 0 Å². The maximum atomic E-state index is 10.6. The molecule has 2 atom stereocenters. The molecule has 0 aromatic carbocycles. The van der Waals surface area contributed by atoms with Crippen molar-refractivity contribution in [1.82, 2.24) is 4.90 Å². The van der Waals surface area contributed by atoms with Crippen molar-refractivity contribution in [2.75, 3.05) is 19.8 Å². The molecule has 2 rings (SSSR count). The molecule has 0 aromatic heterocycles. The number of hydrogen-bond donors (Lipinski definition) is 2. The Bertz CT molecular complexity index is 258. The predicted molar refractivity (Wildman–Crippen MR) is 65.4 cm³/mol. The van der Waals surface area contributed by atoms with Crippen molar-refractivity contribution in [1.29, 1.82) is 0 Å². The van der Waals surface area contributed by atoms with Gasteiger partial charge in [-0.05, 0) is 25.7 Å². The quantitative estimate of drug-likeness (QED) is 0.655. The number of primary amides is 1.